The van der Waals surface area contributed by atoms with E-state index < -0.39 is 17.8 Å². The number of alkyl halides is 3. The summed E-state index contributed by atoms with van der Waals surface area (Å²) >= 11 is 1.29. The normalized spacial score (nSPS) is 16.6. The zero-order valence-corrected chi connectivity index (χ0v) is 19.8. The van der Waals surface area contributed by atoms with Gasteiger partial charge in [-0.15, -0.1) is 11.3 Å². The van der Waals surface area contributed by atoms with Gasteiger partial charge in [-0.1, -0.05) is 30.3 Å². The number of benzene rings is 2. The summed E-state index contributed by atoms with van der Waals surface area (Å²) < 4.78 is 45.1. The van der Waals surface area contributed by atoms with E-state index in [1.54, 1.807) is 33.4 Å². The number of carbonyl (C=O) groups excluding carboxylic acids is 2. The molecule has 4 rings (SSSR count). The minimum Gasteiger partial charge on any atom is -0.484 e. The number of nitrogens with zero attached hydrogens (tertiary/aromatic N) is 3. The Bertz CT molecular complexity index is 1180. The molecule has 184 valence electrons. The number of hydrogen-bond acceptors (Lipinski definition) is 5. The highest BCUT2D eigenvalue weighted by Gasteiger charge is 2.33. The average molecular weight is 504 g/mol. The monoisotopic (exact) mass is 503 g/mol. The maximum absolute atomic E-state index is 13.2. The molecule has 1 aromatic heterocycles. The van der Waals surface area contributed by atoms with E-state index in [9.17, 15) is 22.8 Å². The number of thiazole rings is 1. The van der Waals surface area contributed by atoms with Crippen molar-refractivity contribution in [2.24, 2.45) is 0 Å². The van der Waals surface area contributed by atoms with E-state index in [0.29, 0.717) is 48.1 Å². The summed E-state index contributed by atoms with van der Waals surface area (Å²) in [5.74, 6) is 0.237. The molecule has 2 amide bonds. The minimum atomic E-state index is -4.45. The first-order valence-electron chi connectivity index (χ1n) is 11.1. The van der Waals surface area contributed by atoms with Crippen molar-refractivity contribution in [1.82, 2.24) is 14.8 Å². The fourth-order valence-electron chi connectivity index (χ4n) is 3.97. The molecule has 2 heterocycles. The van der Waals surface area contributed by atoms with Gasteiger partial charge in [-0.2, -0.15) is 13.2 Å². The first-order chi connectivity index (χ1) is 16.7. The summed E-state index contributed by atoms with van der Waals surface area (Å²) in [6.07, 6.45) is -3.99. The third-order valence-corrected chi connectivity index (χ3v) is 6.77. The number of carbonyl (C=O) groups is 2. The van der Waals surface area contributed by atoms with Crippen LogP contribution in [0.3, 0.4) is 0 Å². The van der Waals surface area contributed by atoms with Crippen molar-refractivity contribution >= 4 is 23.2 Å². The molecule has 0 aliphatic carbocycles. The Hall–Kier alpha value is -3.40. The number of hydrogen-bond donors (Lipinski definition) is 0. The maximum atomic E-state index is 13.2. The molecule has 2 aromatic carbocycles. The molecule has 1 aliphatic heterocycles. The molecule has 1 saturated heterocycles. The van der Waals surface area contributed by atoms with Crippen LogP contribution in [0, 0.1) is 0 Å². The third-order valence-electron chi connectivity index (χ3n) is 5.82. The van der Waals surface area contributed by atoms with Gasteiger partial charge in [0.25, 0.3) is 5.91 Å². The summed E-state index contributed by atoms with van der Waals surface area (Å²) in [4.78, 5) is 33.1. The highest BCUT2D eigenvalue weighted by Crippen LogP contribution is 2.35. The summed E-state index contributed by atoms with van der Waals surface area (Å²) in [6.45, 7) is 2.45. The molecular formula is C25H24F3N3O3S. The molecule has 0 N–H and O–H groups in total. The first kappa shape index (κ1) is 24.7. The second-order valence-corrected chi connectivity index (χ2v) is 9.04. The van der Waals surface area contributed by atoms with Crippen LogP contribution in [0.5, 0.6) is 5.75 Å². The van der Waals surface area contributed by atoms with Crippen LogP contribution in [-0.4, -0.2) is 52.8 Å². The highest BCUT2D eigenvalue weighted by atomic mass is 32.1. The van der Waals surface area contributed by atoms with Crippen molar-refractivity contribution in [3.63, 3.8) is 0 Å². The molecule has 1 fully saturated rings. The summed E-state index contributed by atoms with van der Waals surface area (Å²) in [7, 11) is 0. The Morgan fingerprint density at radius 1 is 1.09 bits per heavy atom. The lowest BCUT2D eigenvalue weighted by atomic mass is 10.1. The molecule has 0 radical (unpaired) electrons. The van der Waals surface area contributed by atoms with Crippen LogP contribution < -0.4 is 4.74 Å². The minimum absolute atomic E-state index is 0.0811. The maximum Gasteiger partial charge on any atom is 0.416 e. The number of amides is 2. The fraction of sp³-hybridized carbons (Fsp3) is 0.320. The van der Waals surface area contributed by atoms with Gasteiger partial charge in [-0.3, -0.25) is 9.59 Å². The molecule has 0 spiro atoms. The topological polar surface area (TPSA) is 62.7 Å². The summed E-state index contributed by atoms with van der Waals surface area (Å²) in [6, 6.07) is 13.6. The van der Waals surface area contributed by atoms with E-state index in [1.807, 2.05) is 18.2 Å². The van der Waals surface area contributed by atoms with E-state index in [4.69, 9.17) is 4.74 Å². The second kappa shape index (κ2) is 10.5. The van der Waals surface area contributed by atoms with Gasteiger partial charge in [0.1, 0.15) is 10.8 Å². The zero-order chi connectivity index (χ0) is 25.0. The smallest absolute Gasteiger partial charge is 0.416 e. The molecule has 10 heteroatoms. The Labute approximate surface area is 205 Å². The van der Waals surface area contributed by atoms with Crippen molar-refractivity contribution in [2.45, 2.75) is 25.6 Å². The Balaban J connectivity index is 1.58. The Morgan fingerprint density at radius 3 is 2.57 bits per heavy atom. The molecule has 1 aliphatic rings. The lowest BCUT2D eigenvalue weighted by Crippen LogP contribution is -2.40. The van der Waals surface area contributed by atoms with Gasteiger partial charge in [0.2, 0.25) is 5.91 Å². The molecule has 3 aromatic rings. The lowest BCUT2D eigenvalue weighted by Gasteiger charge is -2.28. The van der Waals surface area contributed by atoms with Gasteiger partial charge in [0.15, 0.2) is 6.61 Å². The molecular weight excluding hydrogens is 479 g/mol. The zero-order valence-electron chi connectivity index (χ0n) is 19.0. The van der Waals surface area contributed by atoms with E-state index >= 15 is 0 Å². The molecule has 0 bridgehead atoms. The quantitative estimate of drug-likeness (QED) is 0.490. The van der Waals surface area contributed by atoms with Gasteiger partial charge in [-0.25, -0.2) is 4.98 Å². The van der Waals surface area contributed by atoms with Gasteiger partial charge < -0.3 is 14.5 Å². The molecule has 0 saturated carbocycles. The van der Waals surface area contributed by atoms with Crippen LogP contribution in [0.15, 0.2) is 60.0 Å². The number of rotatable bonds is 5. The second-order valence-electron chi connectivity index (χ2n) is 8.15. The van der Waals surface area contributed by atoms with Crippen LogP contribution >= 0.6 is 11.3 Å². The Morgan fingerprint density at radius 2 is 1.86 bits per heavy atom. The molecule has 35 heavy (non-hydrogen) atoms. The Kier molecular flexibility index (Phi) is 7.39. The largest absolute Gasteiger partial charge is 0.484 e. The van der Waals surface area contributed by atoms with Crippen molar-refractivity contribution in [2.75, 3.05) is 26.2 Å². The van der Waals surface area contributed by atoms with Crippen LogP contribution in [0.4, 0.5) is 13.2 Å². The van der Waals surface area contributed by atoms with Gasteiger partial charge >= 0.3 is 6.18 Å². The molecule has 6 nitrogen and oxygen atoms in total. The molecule has 1 unspecified atom stereocenters. The predicted octanol–water partition coefficient (Wildman–Crippen LogP) is 5.03. The first-order valence-corrected chi connectivity index (χ1v) is 12.0. The van der Waals surface area contributed by atoms with Gasteiger partial charge in [-0.05, 0) is 30.7 Å². The SMILES string of the molecule is CC(=O)N1CCC(c2nc(-c3cccc(C(F)(F)F)c3)cs2)N(C(=O)COc2ccccc2)CC1. The van der Waals surface area contributed by atoms with E-state index in [1.165, 1.54) is 24.3 Å². The number of halogens is 3. The van der Waals surface area contributed by atoms with Crippen LogP contribution in [-0.2, 0) is 15.8 Å². The van der Waals surface area contributed by atoms with Gasteiger partial charge in [0.05, 0.1) is 17.3 Å². The van der Waals surface area contributed by atoms with Crippen LogP contribution in [0.2, 0.25) is 0 Å². The number of aromatic nitrogens is 1. The predicted molar refractivity (Wildman–Crippen MR) is 126 cm³/mol. The van der Waals surface area contributed by atoms with Gasteiger partial charge in [0, 0.05) is 37.5 Å². The van der Waals surface area contributed by atoms with E-state index in [2.05, 4.69) is 4.98 Å². The highest BCUT2D eigenvalue weighted by molar-refractivity contribution is 7.10. The standard InChI is InChI=1S/C25H24F3N3O3S/c1-17(32)30-11-10-22(31(13-12-30)23(33)15-34-20-8-3-2-4-9-20)24-29-21(16-35-24)18-6-5-7-19(14-18)25(26,27)28/h2-9,14,16,22H,10-13,15H2,1H3. The third kappa shape index (κ3) is 6.00. The summed E-state index contributed by atoms with van der Waals surface area (Å²) in [5, 5.41) is 2.30. The van der Waals surface area contributed by atoms with Crippen molar-refractivity contribution in [3.8, 4) is 17.0 Å². The van der Waals surface area contributed by atoms with Crippen molar-refractivity contribution in [1.29, 1.82) is 0 Å². The molecule has 1 atom stereocenters. The number of ether oxygens (including phenoxy) is 1. The van der Waals surface area contributed by atoms with Crippen molar-refractivity contribution < 1.29 is 27.5 Å². The van der Waals surface area contributed by atoms with E-state index in [-0.39, 0.29) is 18.4 Å². The van der Waals surface area contributed by atoms with Crippen molar-refractivity contribution in [3.05, 3.63) is 70.5 Å². The van der Waals surface area contributed by atoms with Crippen LogP contribution in [0.1, 0.15) is 30.0 Å². The van der Waals surface area contributed by atoms with E-state index in [0.717, 1.165) is 12.1 Å². The lowest BCUT2D eigenvalue weighted by molar-refractivity contribution is -0.137. The average Bonchev–Trinajstić information content (AvgIpc) is 3.22. The number of para-hydroxylation sites is 1. The van der Waals surface area contributed by atoms with Crippen LogP contribution in [0.25, 0.3) is 11.3 Å². The summed E-state index contributed by atoms with van der Waals surface area (Å²) in [5.41, 5.74) is 0.0225. The fourth-order valence-corrected chi connectivity index (χ4v) is 4.95.